The molecule has 1 aromatic rings. The average molecular weight is 339 g/mol. The van der Waals surface area contributed by atoms with Gasteiger partial charge in [0.2, 0.25) is 5.91 Å². The minimum Gasteiger partial charge on any atom is -0.326 e. The Kier molecular flexibility index (Phi) is 7.30. The number of nitrogens with one attached hydrogen (secondary N) is 2. The van der Waals surface area contributed by atoms with Crippen LogP contribution in [0.2, 0.25) is 0 Å². The summed E-state index contributed by atoms with van der Waals surface area (Å²) in [5.74, 6) is 0.105. The molecule has 5 nitrogen and oxygen atoms in total. The maximum absolute atomic E-state index is 12.0. The van der Waals surface area contributed by atoms with E-state index in [-0.39, 0.29) is 18.3 Å². The van der Waals surface area contributed by atoms with E-state index in [1.165, 1.54) is 6.42 Å². The van der Waals surface area contributed by atoms with Crippen molar-refractivity contribution < 1.29 is 4.79 Å². The second kappa shape index (κ2) is 9.23. The molecule has 1 aromatic carbocycles. The van der Waals surface area contributed by atoms with E-state index in [1.807, 2.05) is 30.3 Å². The van der Waals surface area contributed by atoms with Crippen LogP contribution in [0.1, 0.15) is 12.8 Å². The first-order valence-electron chi connectivity index (χ1n) is 8.33. The molecule has 2 N–H and O–H groups in total. The van der Waals surface area contributed by atoms with Crippen LogP contribution in [0.15, 0.2) is 30.3 Å². The Labute approximate surface area is 144 Å². The third kappa shape index (κ3) is 5.46. The smallest absolute Gasteiger partial charge is 0.225 e. The molecule has 2 fully saturated rings. The third-order valence-electron chi connectivity index (χ3n) is 4.67. The molecule has 23 heavy (non-hydrogen) atoms. The van der Waals surface area contributed by atoms with E-state index in [9.17, 15) is 4.79 Å². The number of nitrogens with zero attached hydrogens (tertiary/aromatic N) is 2. The first-order chi connectivity index (χ1) is 10.8. The van der Waals surface area contributed by atoms with Gasteiger partial charge in [-0.05, 0) is 25.1 Å². The number of amides is 1. The van der Waals surface area contributed by atoms with Gasteiger partial charge < -0.3 is 15.5 Å². The fraction of sp³-hybridized carbons (Fsp3) is 0.588. The topological polar surface area (TPSA) is 47.6 Å². The van der Waals surface area contributed by atoms with Crippen molar-refractivity contribution in [1.82, 2.24) is 15.1 Å². The van der Waals surface area contributed by atoms with Crippen LogP contribution in [-0.2, 0) is 4.79 Å². The SMILES string of the molecule is Cl.O=C(CCN1CCN(C2CCNC2)CC1)Nc1ccccc1. The lowest BCUT2D eigenvalue weighted by atomic mass is 10.2. The summed E-state index contributed by atoms with van der Waals surface area (Å²) in [6.07, 6.45) is 1.85. The number of halogens is 1. The highest BCUT2D eigenvalue weighted by Gasteiger charge is 2.25. The van der Waals surface area contributed by atoms with Gasteiger partial charge in [-0.1, -0.05) is 18.2 Å². The molecule has 2 aliphatic rings. The fourth-order valence-corrected chi connectivity index (χ4v) is 3.31. The number of piperazine rings is 1. The molecule has 3 rings (SSSR count). The standard InChI is InChI=1S/C17H26N4O.ClH/c22-17(19-15-4-2-1-3-5-15)7-9-20-10-12-21(13-11-20)16-6-8-18-14-16;/h1-5,16,18H,6-14H2,(H,19,22);1H. The van der Waals surface area contributed by atoms with Crippen LogP contribution in [0.5, 0.6) is 0 Å². The van der Waals surface area contributed by atoms with Crippen LogP contribution < -0.4 is 10.6 Å². The van der Waals surface area contributed by atoms with Gasteiger partial charge in [0.1, 0.15) is 0 Å². The predicted octanol–water partition coefficient (Wildman–Crippen LogP) is 1.42. The van der Waals surface area contributed by atoms with Gasteiger partial charge in [-0.15, -0.1) is 12.4 Å². The molecule has 0 saturated carbocycles. The van der Waals surface area contributed by atoms with Gasteiger partial charge in [0.25, 0.3) is 0 Å². The zero-order valence-corrected chi connectivity index (χ0v) is 14.4. The van der Waals surface area contributed by atoms with Gasteiger partial charge in [-0.3, -0.25) is 9.69 Å². The number of carbonyl (C=O) groups is 1. The van der Waals surface area contributed by atoms with E-state index in [0.29, 0.717) is 6.42 Å². The van der Waals surface area contributed by atoms with Crippen molar-refractivity contribution in [1.29, 1.82) is 0 Å². The van der Waals surface area contributed by atoms with Gasteiger partial charge >= 0.3 is 0 Å². The second-order valence-electron chi connectivity index (χ2n) is 6.19. The molecule has 1 unspecified atom stereocenters. The molecule has 128 valence electrons. The van der Waals surface area contributed by atoms with Gasteiger partial charge in [-0.25, -0.2) is 0 Å². The summed E-state index contributed by atoms with van der Waals surface area (Å²) in [6, 6.07) is 10.4. The highest BCUT2D eigenvalue weighted by atomic mass is 35.5. The molecule has 0 aliphatic carbocycles. The number of rotatable bonds is 5. The molecule has 2 aliphatic heterocycles. The lowest BCUT2D eigenvalue weighted by Gasteiger charge is -2.37. The van der Waals surface area contributed by atoms with Crippen molar-refractivity contribution in [2.24, 2.45) is 0 Å². The summed E-state index contributed by atoms with van der Waals surface area (Å²) in [6.45, 7) is 7.57. The highest BCUT2D eigenvalue weighted by molar-refractivity contribution is 5.90. The third-order valence-corrected chi connectivity index (χ3v) is 4.67. The zero-order valence-electron chi connectivity index (χ0n) is 13.5. The monoisotopic (exact) mass is 338 g/mol. The summed E-state index contributed by atoms with van der Waals surface area (Å²) >= 11 is 0. The summed E-state index contributed by atoms with van der Waals surface area (Å²) < 4.78 is 0. The lowest BCUT2D eigenvalue weighted by Crippen LogP contribution is -2.51. The number of anilines is 1. The molecule has 2 saturated heterocycles. The molecule has 1 amide bonds. The van der Waals surface area contributed by atoms with E-state index < -0.39 is 0 Å². The minimum absolute atomic E-state index is 0. The molecule has 6 heteroatoms. The van der Waals surface area contributed by atoms with E-state index in [1.54, 1.807) is 0 Å². The first-order valence-corrected chi connectivity index (χ1v) is 8.33. The highest BCUT2D eigenvalue weighted by Crippen LogP contribution is 2.12. The summed E-state index contributed by atoms with van der Waals surface area (Å²) in [7, 11) is 0. The summed E-state index contributed by atoms with van der Waals surface area (Å²) in [4.78, 5) is 17.0. The Balaban J connectivity index is 0.00000192. The zero-order chi connectivity index (χ0) is 15.2. The Bertz CT molecular complexity index is 471. The van der Waals surface area contributed by atoms with Gasteiger partial charge in [0.15, 0.2) is 0 Å². The number of hydrogen-bond donors (Lipinski definition) is 2. The Hall–Kier alpha value is -1.14. The molecule has 0 radical (unpaired) electrons. The number of carbonyl (C=O) groups excluding carboxylic acids is 1. The van der Waals surface area contributed by atoms with Gasteiger partial charge in [0.05, 0.1) is 0 Å². The maximum Gasteiger partial charge on any atom is 0.225 e. The second-order valence-corrected chi connectivity index (χ2v) is 6.19. The molecule has 0 bridgehead atoms. The maximum atomic E-state index is 12.0. The van der Waals surface area contributed by atoms with Crippen LogP contribution in [0.3, 0.4) is 0 Å². The predicted molar refractivity (Wildman–Crippen MR) is 96.2 cm³/mol. The van der Waals surface area contributed by atoms with Crippen LogP contribution in [-0.4, -0.2) is 67.6 Å². The number of hydrogen-bond acceptors (Lipinski definition) is 4. The van der Waals surface area contributed by atoms with Crippen molar-refractivity contribution in [2.75, 3.05) is 51.1 Å². The van der Waals surface area contributed by atoms with Crippen LogP contribution in [0.25, 0.3) is 0 Å². The van der Waals surface area contributed by atoms with Crippen molar-refractivity contribution >= 4 is 24.0 Å². The molecule has 0 aromatic heterocycles. The Morgan fingerprint density at radius 3 is 2.57 bits per heavy atom. The van der Waals surface area contributed by atoms with Crippen LogP contribution >= 0.6 is 12.4 Å². The number of benzene rings is 1. The molecule has 2 heterocycles. The molecule has 1 atom stereocenters. The summed E-state index contributed by atoms with van der Waals surface area (Å²) in [5, 5.41) is 6.39. The van der Waals surface area contributed by atoms with Crippen molar-refractivity contribution in [3.05, 3.63) is 30.3 Å². The van der Waals surface area contributed by atoms with E-state index in [2.05, 4.69) is 20.4 Å². The largest absolute Gasteiger partial charge is 0.326 e. The van der Waals surface area contributed by atoms with Crippen LogP contribution in [0, 0.1) is 0 Å². The minimum atomic E-state index is 0. The lowest BCUT2D eigenvalue weighted by molar-refractivity contribution is -0.116. The molecular weight excluding hydrogens is 312 g/mol. The average Bonchev–Trinajstić information content (AvgIpc) is 3.09. The van der Waals surface area contributed by atoms with Gasteiger partial charge in [-0.2, -0.15) is 0 Å². The summed E-state index contributed by atoms with van der Waals surface area (Å²) in [5.41, 5.74) is 0.881. The quantitative estimate of drug-likeness (QED) is 0.852. The van der Waals surface area contributed by atoms with E-state index >= 15 is 0 Å². The molecular formula is C17H27ClN4O. The van der Waals surface area contributed by atoms with Crippen molar-refractivity contribution in [2.45, 2.75) is 18.9 Å². The molecule has 0 spiro atoms. The Morgan fingerprint density at radius 2 is 1.91 bits per heavy atom. The Morgan fingerprint density at radius 1 is 1.17 bits per heavy atom. The normalized spacial score (nSPS) is 22.5. The van der Waals surface area contributed by atoms with Crippen molar-refractivity contribution in [3.8, 4) is 0 Å². The van der Waals surface area contributed by atoms with Crippen LogP contribution in [0.4, 0.5) is 5.69 Å². The van der Waals surface area contributed by atoms with Crippen molar-refractivity contribution in [3.63, 3.8) is 0 Å². The first kappa shape index (κ1) is 18.2. The van der Waals surface area contributed by atoms with E-state index in [0.717, 1.165) is 57.5 Å². The van der Waals surface area contributed by atoms with Gasteiger partial charge in [0, 0.05) is 57.4 Å². The van der Waals surface area contributed by atoms with E-state index in [4.69, 9.17) is 0 Å². The fourth-order valence-electron chi connectivity index (χ4n) is 3.31. The number of para-hydroxylation sites is 1.